The smallest absolute Gasteiger partial charge is 0.132 e. The molecule has 1 aromatic heterocycles. The van der Waals surface area contributed by atoms with Gasteiger partial charge in [-0.3, -0.25) is 4.68 Å². The highest BCUT2D eigenvalue weighted by Gasteiger charge is 2.10. The highest BCUT2D eigenvalue weighted by molar-refractivity contribution is 5.34. The van der Waals surface area contributed by atoms with Crippen molar-refractivity contribution < 1.29 is 9.13 Å². The predicted molar refractivity (Wildman–Crippen MR) is 75.9 cm³/mol. The Morgan fingerprint density at radius 2 is 2.20 bits per heavy atom. The number of benzene rings is 1. The van der Waals surface area contributed by atoms with Crippen LogP contribution in [0.5, 0.6) is 5.75 Å². The third-order valence-corrected chi connectivity index (χ3v) is 3.17. The normalized spacial score (nSPS) is 12.4. The Kier molecular flexibility index (Phi) is 4.74. The van der Waals surface area contributed by atoms with Crippen LogP contribution in [0, 0.1) is 5.82 Å². The zero-order chi connectivity index (χ0) is 14.5. The van der Waals surface area contributed by atoms with Gasteiger partial charge in [0.2, 0.25) is 0 Å². The Balaban J connectivity index is 2.09. The van der Waals surface area contributed by atoms with Gasteiger partial charge in [0.15, 0.2) is 0 Å². The van der Waals surface area contributed by atoms with Crippen LogP contribution < -0.4 is 10.5 Å². The largest absolute Gasteiger partial charge is 0.487 e. The summed E-state index contributed by atoms with van der Waals surface area (Å²) in [6.45, 7) is 2.37. The summed E-state index contributed by atoms with van der Waals surface area (Å²) in [6.07, 6.45) is 3.30. The second-order valence-electron chi connectivity index (χ2n) is 4.89. The molecule has 0 amide bonds. The Hall–Kier alpha value is -1.88. The molecule has 2 aromatic rings. The van der Waals surface area contributed by atoms with Crippen LogP contribution in [0.25, 0.3) is 0 Å². The van der Waals surface area contributed by atoms with Crippen molar-refractivity contribution in [2.45, 2.75) is 32.4 Å². The standard InChI is InChI=1S/C15H20FN3O/c1-3-13(17)9-11-8-12(16)4-5-15(11)20-10-14-6-7-19(2)18-14/h4-8,13H,3,9-10,17H2,1-2H3. The first-order valence-corrected chi connectivity index (χ1v) is 6.73. The summed E-state index contributed by atoms with van der Waals surface area (Å²) in [4.78, 5) is 0. The van der Waals surface area contributed by atoms with Crippen LogP contribution >= 0.6 is 0 Å². The van der Waals surface area contributed by atoms with Crippen LogP contribution in [0.15, 0.2) is 30.5 Å². The van der Waals surface area contributed by atoms with Crippen molar-refractivity contribution in [2.75, 3.05) is 0 Å². The topological polar surface area (TPSA) is 53.1 Å². The summed E-state index contributed by atoms with van der Waals surface area (Å²) in [5.41, 5.74) is 7.58. The molecule has 0 saturated heterocycles. The van der Waals surface area contributed by atoms with Crippen LogP contribution in [-0.2, 0) is 20.1 Å². The van der Waals surface area contributed by atoms with Gasteiger partial charge in [0.25, 0.3) is 0 Å². The number of aryl methyl sites for hydroxylation is 1. The Morgan fingerprint density at radius 3 is 2.85 bits per heavy atom. The van der Waals surface area contributed by atoms with Gasteiger partial charge in [-0.25, -0.2) is 4.39 Å². The van der Waals surface area contributed by atoms with Gasteiger partial charge in [0.05, 0.1) is 5.69 Å². The maximum atomic E-state index is 13.4. The molecule has 2 N–H and O–H groups in total. The molecule has 0 aliphatic carbocycles. The molecule has 0 aliphatic rings. The van der Waals surface area contributed by atoms with Crippen LogP contribution in [0.1, 0.15) is 24.6 Å². The van der Waals surface area contributed by atoms with E-state index in [1.807, 2.05) is 26.2 Å². The lowest BCUT2D eigenvalue weighted by molar-refractivity contribution is 0.295. The van der Waals surface area contributed by atoms with Crippen molar-refractivity contribution in [1.82, 2.24) is 9.78 Å². The van der Waals surface area contributed by atoms with Crippen LogP contribution in [0.2, 0.25) is 0 Å². The van der Waals surface area contributed by atoms with Gasteiger partial charge in [-0.05, 0) is 42.7 Å². The van der Waals surface area contributed by atoms with E-state index < -0.39 is 0 Å². The molecule has 0 aliphatic heterocycles. The molecular formula is C15H20FN3O. The minimum absolute atomic E-state index is 0.00833. The number of nitrogens with two attached hydrogens (primary N) is 1. The summed E-state index contributed by atoms with van der Waals surface area (Å²) >= 11 is 0. The quantitative estimate of drug-likeness (QED) is 0.882. The average molecular weight is 277 g/mol. The Morgan fingerprint density at radius 1 is 1.40 bits per heavy atom. The number of hydrogen-bond acceptors (Lipinski definition) is 3. The number of aromatic nitrogens is 2. The lowest BCUT2D eigenvalue weighted by Crippen LogP contribution is -2.21. The van der Waals surface area contributed by atoms with Gasteiger partial charge in [-0.15, -0.1) is 0 Å². The molecule has 0 bridgehead atoms. The summed E-state index contributed by atoms with van der Waals surface area (Å²) < 4.78 is 20.8. The second-order valence-corrected chi connectivity index (χ2v) is 4.89. The molecule has 0 radical (unpaired) electrons. The van der Waals surface area contributed by atoms with E-state index in [0.717, 1.165) is 17.7 Å². The van der Waals surface area contributed by atoms with Crippen LogP contribution in [0.3, 0.4) is 0 Å². The van der Waals surface area contributed by atoms with E-state index in [4.69, 9.17) is 10.5 Å². The minimum Gasteiger partial charge on any atom is -0.487 e. The van der Waals surface area contributed by atoms with Crippen molar-refractivity contribution in [1.29, 1.82) is 0 Å². The van der Waals surface area contributed by atoms with E-state index in [1.54, 1.807) is 10.7 Å². The number of halogens is 1. The zero-order valence-corrected chi connectivity index (χ0v) is 11.8. The van der Waals surface area contributed by atoms with E-state index in [9.17, 15) is 4.39 Å². The molecule has 0 saturated carbocycles. The molecule has 2 rings (SSSR count). The molecule has 1 unspecified atom stereocenters. The second kappa shape index (κ2) is 6.52. The van der Waals surface area contributed by atoms with E-state index in [2.05, 4.69) is 5.10 Å². The van der Waals surface area contributed by atoms with E-state index in [-0.39, 0.29) is 11.9 Å². The monoisotopic (exact) mass is 277 g/mol. The molecule has 108 valence electrons. The summed E-state index contributed by atoms with van der Waals surface area (Å²) in [7, 11) is 1.85. The van der Waals surface area contributed by atoms with Crippen LogP contribution in [-0.4, -0.2) is 15.8 Å². The van der Waals surface area contributed by atoms with Crippen molar-refractivity contribution in [2.24, 2.45) is 12.8 Å². The highest BCUT2D eigenvalue weighted by Crippen LogP contribution is 2.22. The van der Waals surface area contributed by atoms with Crippen LogP contribution in [0.4, 0.5) is 4.39 Å². The fourth-order valence-electron chi connectivity index (χ4n) is 1.97. The zero-order valence-electron chi connectivity index (χ0n) is 11.8. The van der Waals surface area contributed by atoms with Gasteiger partial charge in [-0.1, -0.05) is 6.92 Å². The molecule has 20 heavy (non-hydrogen) atoms. The van der Waals surface area contributed by atoms with Crippen molar-refractivity contribution in [3.05, 3.63) is 47.5 Å². The maximum Gasteiger partial charge on any atom is 0.132 e. The fraction of sp³-hybridized carbons (Fsp3) is 0.400. The van der Waals surface area contributed by atoms with Gasteiger partial charge >= 0.3 is 0 Å². The molecule has 4 nitrogen and oxygen atoms in total. The lowest BCUT2D eigenvalue weighted by atomic mass is 10.0. The molecule has 5 heteroatoms. The Bertz CT molecular complexity index is 568. The number of hydrogen-bond donors (Lipinski definition) is 1. The average Bonchev–Trinajstić information content (AvgIpc) is 2.83. The lowest BCUT2D eigenvalue weighted by Gasteiger charge is -2.14. The van der Waals surface area contributed by atoms with E-state index >= 15 is 0 Å². The molecule has 0 fully saturated rings. The molecule has 1 aromatic carbocycles. The maximum absolute atomic E-state index is 13.4. The molecule has 1 heterocycles. The van der Waals surface area contributed by atoms with E-state index in [0.29, 0.717) is 18.8 Å². The molecule has 0 spiro atoms. The van der Waals surface area contributed by atoms with Gasteiger partial charge in [0, 0.05) is 19.3 Å². The number of ether oxygens (including phenoxy) is 1. The van der Waals surface area contributed by atoms with Crippen molar-refractivity contribution >= 4 is 0 Å². The van der Waals surface area contributed by atoms with Gasteiger partial charge in [-0.2, -0.15) is 5.10 Å². The SMILES string of the molecule is CCC(N)Cc1cc(F)ccc1OCc1ccn(C)n1. The number of rotatable bonds is 6. The van der Waals surface area contributed by atoms with Gasteiger partial charge in [0.1, 0.15) is 18.2 Å². The first kappa shape index (κ1) is 14.5. The fourth-order valence-corrected chi connectivity index (χ4v) is 1.97. The van der Waals surface area contributed by atoms with Crippen molar-refractivity contribution in [3.8, 4) is 5.75 Å². The molecule has 1 atom stereocenters. The van der Waals surface area contributed by atoms with Crippen molar-refractivity contribution in [3.63, 3.8) is 0 Å². The number of nitrogens with zero attached hydrogens (tertiary/aromatic N) is 2. The first-order valence-electron chi connectivity index (χ1n) is 6.73. The predicted octanol–water partition coefficient (Wildman–Crippen LogP) is 2.42. The van der Waals surface area contributed by atoms with Gasteiger partial charge < -0.3 is 10.5 Å². The summed E-state index contributed by atoms with van der Waals surface area (Å²) in [5, 5.41) is 4.24. The Labute approximate surface area is 118 Å². The summed E-state index contributed by atoms with van der Waals surface area (Å²) in [6, 6.07) is 6.43. The minimum atomic E-state index is -0.270. The highest BCUT2D eigenvalue weighted by atomic mass is 19.1. The third kappa shape index (κ3) is 3.81. The first-order chi connectivity index (χ1) is 9.58. The summed E-state index contributed by atoms with van der Waals surface area (Å²) in [5.74, 6) is 0.398. The molecular weight excluding hydrogens is 257 g/mol. The third-order valence-electron chi connectivity index (χ3n) is 3.17. The van der Waals surface area contributed by atoms with E-state index in [1.165, 1.54) is 12.1 Å².